The summed E-state index contributed by atoms with van der Waals surface area (Å²) in [6.45, 7) is 4.41. The maximum absolute atomic E-state index is 12.7. The third kappa shape index (κ3) is 8.77. The third-order valence-corrected chi connectivity index (χ3v) is 5.61. The predicted octanol–water partition coefficient (Wildman–Crippen LogP) is 3.76. The Balaban J connectivity index is 1.43. The SMILES string of the molecule is CCOC(Cc1ccc(OCCN(CC2CC2)C(=O)NCCc2ccccc2)cc1)C(=O)O. The molecule has 1 aliphatic carbocycles. The second-order valence-electron chi connectivity index (χ2n) is 8.34. The number of hydrogen-bond acceptors (Lipinski definition) is 4. The van der Waals surface area contributed by atoms with E-state index >= 15 is 0 Å². The number of aliphatic carboxylic acids is 1. The summed E-state index contributed by atoms with van der Waals surface area (Å²) >= 11 is 0. The van der Waals surface area contributed by atoms with Gasteiger partial charge in [-0.3, -0.25) is 0 Å². The van der Waals surface area contributed by atoms with Gasteiger partial charge in [0, 0.05) is 26.1 Å². The lowest BCUT2D eigenvalue weighted by Gasteiger charge is -2.23. The van der Waals surface area contributed by atoms with Gasteiger partial charge < -0.3 is 24.8 Å². The number of hydrogen-bond donors (Lipinski definition) is 2. The molecule has 1 aliphatic rings. The Morgan fingerprint density at radius 2 is 1.82 bits per heavy atom. The molecule has 2 aromatic carbocycles. The molecule has 0 spiro atoms. The average Bonchev–Trinajstić information content (AvgIpc) is 3.64. The normalized spacial score (nSPS) is 13.8. The van der Waals surface area contributed by atoms with Crippen molar-refractivity contribution in [3.8, 4) is 5.75 Å². The van der Waals surface area contributed by atoms with Crippen LogP contribution in [0.15, 0.2) is 54.6 Å². The molecule has 0 aromatic heterocycles. The van der Waals surface area contributed by atoms with Crippen molar-refractivity contribution in [2.24, 2.45) is 5.92 Å². The molecule has 0 aliphatic heterocycles. The van der Waals surface area contributed by atoms with Crippen molar-refractivity contribution in [1.82, 2.24) is 10.2 Å². The van der Waals surface area contributed by atoms with Crippen LogP contribution in [0.3, 0.4) is 0 Å². The van der Waals surface area contributed by atoms with E-state index in [0.717, 1.165) is 18.5 Å². The average molecular weight is 455 g/mol. The van der Waals surface area contributed by atoms with Crippen molar-refractivity contribution in [3.63, 3.8) is 0 Å². The number of nitrogens with one attached hydrogen (secondary N) is 1. The minimum absolute atomic E-state index is 0.0487. The lowest BCUT2D eigenvalue weighted by molar-refractivity contribution is -0.149. The van der Waals surface area contributed by atoms with Gasteiger partial charge in [-0.2, -0.15) is 0 Å². The number of carbonyl (C=O) groups is 2. The van der Waals surface area contributed by atoms with Crippen LogP contribution in [0.4, 0.5) is 4.79 Å². The minimum Gasteiger partial charge on any atom is -0.492 e. The highest BCUT2D eigenvalue weighted by molar-refractivity contribution is 5.74. The van der Waals surface area contributed by atoms with Crippen LogP contribution in [-0.2, 0) is 22.4 Å². The Hall–Kier alpha value is -3.06. The van der Waals surface area contributed by atoms with Gasteiger partial charge in [0.05, 0.1) is 6.54 Å². The maximum Gasteiger partial charge on any atom is 0.333 e. The van der Waals surface area contributed by atoms with Crippen LogP contribution < -0.4 is 10.1 Å². The number of nitrogens with zero attached hydrogens (tertiary/aromatic N) is 1. The van der Waals surface area contributed by atoms with Crippen LogP contribution in [0.1, 0.15) is 30.9 Å². The standard InChI is InChI=1S/C26H34N2O5/c1-2-32-24(25(29)30)18-21-10-12-23(13-11-21)33-17-16-28(19-22-8-9-22)26(31)27-15-14-20-6-4-3-5-7-20/h3-7,10-13,22,24H,2,8-9,14-19H2,1H3,(H,27,31)(H,29,30). The van der Waals surface area contributed by atoms with E-state index in [2.05, 4.69) is 17.4 Å². The van der Waals surface area contributed by atoms with Crippen molar-refractivity contribution in [1.29, 1.82) is 0 Å². The fourth-order valence-corrected chi connectivity index (χ4v) is 3.59. The van der Waals surface area contributed by atoms with E-state index in [0.29, 0.717) is 44.4 Å². The van der Waals surface area contributed by atoms with Gasteiger partial charge in [-0.1, -0.05) is 42.5 Å². The van der Waals surface area contributed by atoms with E-state index in [4.69, 9.17) is 9.47 Å². The molecule has 7 nitrogen and oxygen atoms in total. The summed E-state index contributed by atoms with van der Waals surface area (Å²) in [6.07, 6.45) is 2.61. The monoisotopic (exact) mass is 454 g/mol. The Morgan fingerprint density at radius 1 is 1.09 bits per heavy atom. The highest BCUT2D eigenvalue weighted by Crippen LogP contribution is 2.29. The molecular formula is C26H34N2O5. The van der Waals surface area contributed by atoms with Gasteiger partial charge in [-0.15, -0.1) is 0 Å². The number of carbonyl (C=O) groups excluding carboxylic acids is 1. The first kappa shape index (κ1) is 24.6. The van der Waals surface area contributed by atoms with Gasteiger partial charge in [0.25, 0.3) is 0 Å². The van der Waals surface area contributed by atoms with Crippen molar-refractivity contribution < 1.29 is 24.2 Å². The number of rotatable bonds is 14. The Labute approximate surface area is 195 Å². The molecule has 1 unspecified atom stereocenters. The predicted molar refractivity (Wildman–Crippen MR) is 127 cm³/mol. The van der Waals surface area contributed by atoms with Crippen LogP contribution in [0.5, 0.6) is 5.75 Å². The molecule has 1 saturated carbocycles. The first-order valence-corrected chi connectivity index (χ1v) is 11.7. The number of amides is 2. The molecule has 1 atom stereocenters. The molecule has 0 saturated heterocycles. The molecule has 3 rings (SSSR count). The zero-order chi connectivity index (χ0) is 23.5. The fourth-order valence-electron chi connectivity index (χ4n) is 3.59. The van der Waals surface area contributed by atoms with Crippen LogP contribution in [0, 0.1) is 5.92 Å². The van der Waals surface area contributed by atoms with Crippen LogP contribution >= 0.6 is 0 Å². The number of carboxylic acids is 1. The molecule has 33 heavy (non-hydrogen) atoms. The van der Waals surface area contributed by atoms with Crippen LogP contribution in [-0.4, -0.2) is 61.0 Å². The molecular weight excluding hydrogens is 420 g/mol. The zero-order valence-corrected chi connectivity index (χ0v) is 19.2. The fraction of sp³-hybridized carbons (Fsp3) is 0.462. The molecule has 2 N–H and O–H groups in total. The first-order chi connectivity index (χ1) is 16.0. The largest absolute Gasteiger partial charge is 0.492 e. The molecule has 2 amide bonds. The van der Waals surface area contributed by atoms with Crippen molar-refractivity contribution in [2.75, 3.05) is 32.8 Å². The molecule has 0 radical (unpaired) electrons. The van der Waals surface area contributed by atoms with E-state index in [1.807, 2.05) is 47.4 Å². The van der Waals surface area contributed by atoms with E-state index in [-0.39, 0.29) is 6.03 Å². The summed E-state index contributed by atoms with van der Waals surface area (Å²) in [4.78, 5) is 25.8. The van der Waals surface area contributed by atoms with E-state index in [1.54, 1.807) is 6.92 Å². The third-order valence-electron chi connectivity index (χ3n) is 5.61. The van der Waals surface area contributed by atoms with Crippen molar-refractivity contribution >= 4 is 12.0 Å². The van der Waals surface area contributed by atoms with Gasteiger partial charge in [-0.05, 0) is 55.4 Å². The second kappa shape index (κ2) is 12.8. The van der Waals surface area contributed by atoms with Gasteiger partial charge >= 0.3 is 12.0 Å². The lowest BCUT2D eigenvalue weighted by atomic mass is 10.1. The molecule has 2 aromatic rings. The summed E-state index contributed by atoms with van der Waals surface area (Å²) in [7, 11) is 0. The topological polar surface area (TPSA) is 88.1 Å². The van der Waals surface area contributed by atoms with Gasteiger partial charge in [-0.25, -0.2) is 9.59 Å². The Bertz CT molecular complexity index is 868. The molecule has 0 heterocycles. The zero-order valence-electron chi connectivity index (χ0n) is 19.2. The minimum atomic E-state index is -0.963. The highest BCUT2D eigenvalue weighted by atomic mass is 16.5. The molecule has 7 heteroatoms. The van der Waals surface area contributed by atoms with Gasteiger partial charge in [0.2, 0.25) is 0 Å². The number of ether oxygens (including phenoxy) is 2. The summed E-state index contributed by atoms with van der Waals surface area (Å²) in [5.41, 5.74) is 2.07. The number of carboxylic acid groups (broad SMARTS) is 1. The Morgan fingerprint density at radius 3 is 2.45 bits per heavy atom. The van der Waals surface area contributed by atoms with Crippen molar-refractivity contribution in [3.05, 3.63) is 65.7 Å². The molecule has 178 valence electrons. The van der Waals surface area contributed by atoms with Crippen molar-refractivity contribution in [2.45, 2.75) is 38.7 Å². The van der Waals surface area contributed by atoms with Crippen LogP contribution in [0.25, 0.3) is 0 Å². The quantitative estimate of drug-likeness (QED) is 0.454. The van der Waals surface area contributed by atoms with Crippen LogP contribution in [0.2, 0.25) is 0 Å². The lowest BCUT2D eigenvalue weighted by Crippen LogP contribution is -2.43. The van der Waals surface area contributed by atoms with E-state index < -0.39 is 12.1 Å². The first-order valence-electron chi connectivity index (χ1n) is 11.7. The molecule has 1 fully saturated rings. The summed E-state index contributed by atoms with van der Waals surface area (Å²) in [5.74, 6) is 0.324. The Kier molecular flexibility index (Phi) is 9.57. The van der Waals surface area contributed by atoms with Gasteiger partial charge in [0.15, 0.2) is 6.10 Å². The van der Waals surface area contributed by atoms with E-state index in [1.165, 1.54) is 18.4 Å². The summed E-state index contributed by atoms with van der Waals surface area (Å²) in [5, 5.41) is 12.3. The van der Waals surface area contributed by atoms with Gasteiger partial charge in [0.1, 0.15) is 12.4 Å². The number of urea groups is 1. The second-order valence-corrected chi connectivity index (χ2v) is 8.34. The molecule has 0 bridgehead atoms. The summed E-state index contributed by atoms with van der Waals surface area (Å²) in [6, 6.07) is 17.4. The number of benzene rings is 2. The smallest absolute Gasteiger partial charge is 0.333 e. The summed E-state index contributed by atoms with van der Waals surface area (Å²) < 4.78 is 11.1. The van der Waals surface area contributed by atoms with E-state index in [9.17, 15) is 14.7 Å². The highest BCUT2D eigenvalue weighted by Gasteiger charge is 2.26. The maximum atomic E-state index is 12.7.